The minimum absolute atomic E-state index is 0.331. The van der Waals surface area contributed by atoms with Crippen molar-refractivity contribution >= 4 is 12.1 Å². The lowest BCUT2D eigenvalue weighted by Crippen LogP contribution is -2.19. The Balaban J connectivity index is 1.46. The molecule has 4 rings (SSSR count). The van der Waals surface area contributed by atoms with Crippen molar-refractivity contribution in [1.29, 1.82) is 0 Å². The maximum atomic E-state index is 12.3. The van der Waals surface area contributed by atoms with Gasteiger partial charge in [-0.1, -0.05) is 30.3 Å². The van der Waals surface area contributed by atoms with Crippen LogP contribution < -0.4 is 14.9 Å². The molecule has 7 heteroatoms. The summed E-state index contributed by atoms with van der Waals surface area (Å²) in [6.07, 6.45) is 3.21. The highest BCUT2D eigenvalue weighted by molar-refractivity contribution is 5.96. The summed E-state index contributed by atoms with van der Waals surface area (Å²) in [7, 11) is 0. The van der Waals surface area contributed by atoms with Crippen molar-refractivity contribution in [3.63, 3.8) is 0 Å². The van der Waals surface area contributed by atoms with Gasteiger partial charge in [-0.15, -0.1) is 0 Å². The molecule has 0 saturated carbocycles. The number of hydrogen-bond donors (Lipinski definition) is 2. The molecule has 2 aromatic carbocycles. The van der Waals surface area contributed by atoms with Gasteiger partial charge in [-0.05, 0) is 18.2 Å². The van der Waals surface area contributed by atoms with E-state index in [1.54, 1.807) is 30.6 Å². The molecule has 1 aliphatic rings. The number of rotatable bonds is 4. The predicted molar refractivity (Wildman–Crippen MR) is 96.5 cm³/mol. The van der Waals surface area contributed by atoms with E-state index in [0.29, 0.717) is 30.3 Å². The number of hydrogen-bond acceptors (Lipinski definition) is 5. The predicted octanol–water partition coefficient (Wildman–Crippen LogP) is 2.61. The van der Waals surface area contributed by atoms with Gasteiger partial charge in [0.1, 0.15) is 13.2 Å². The second kappa shape index (κ2) is 7.10. The first kappa shape index (κ1) is 15.9. The van der Waals surface area contributed by atoms with Gasteiger partial charge in [0.15, 0.2) is 11.5 Å². The fourth-order valence-electron chi connectivity index (χ4n) is 2.64. The molecule has 0 radical (unpaired) electrons. The molecule has 0 fully saturated rings. The van der Waals surface area contributed by atoms with Crippen LogP contribution in [0.3, 0.4) is 0 Å². The average Bonchev–Trinajstić information content (AvgIpc) is 3.17. The van der Waals surface area contributed by atoms with Crippen molar-refractivity contribution in [2.24, 2.45) is 5.10 Å². The number of hydrazone groups is 1. The molecule has 1 amide bonds. The first-order chi connectivity index (χ1) is 12.8. The molecule has 0 unspecified atom stereocenters. The molecule has 1 aromatic heterocycles. The second-order valence-corrected chi connectivity index (χ2v) is 5.62. The molecule has 0 saturated heterocycles. The molecular formula is C19H16N4O3. The molecule has 130 valence electrons. The fraction of sp³-hybridized carbons (Fsp3) is 0.105. The Kier molecular flexibility index (Phi) is 4.34. The van der Waals surface area contributed by atoms with Gasteiger partial charge in [-0.2, -0.15) is 10.2 Å². The Hall–Kier alpha value is -3.61. The number of aromatic nitrogens is 2. The van der Waals surface area contributed by atoms with Crippen LogP contribution in [0.15, 0.2) is 59.8 Å². The Morgan fingerprint density at radius 1 is 1.12 bits per heavy atom. The standard InChI is InChI=1S/C19H16N4O3/c24-19(14-6-7-16-17(10-14)26-9-8-25-16)23-21-12-15-11-20-22-18(15)13-4-2-1-3-5-13/h1-7,10-12H,8-9H2,(H,20,22)(H,23,24). The van der Waals surface area contributed by atoms with Crippen molar-refractivity contribution in [3.05, 3.63) is 65.9 Å². The smallest absolute Gasteiger partial charge is 0.271 e. The minimum Gasteiger partial charge on any atom is -0.486 e. The number of nitrogens with one attached hydrogen (secondary N) is 2. The van der Waals surface area contributed by atoms with E-state index in [0.717, 1.165) is 16.8 Å². The third kappa shape index (κ3) is 3.27. The normalized spacial score (nSPS) is 12.9. The summed E-state index contributed by atoms with van der Waals surface area (Å²) in [5.74, 6) is 0.874. The lowest BCUT2D eigenvalue weighted by molar-refractivity contribution is 0.0954. The van der Waals surface area contributed by atoms with Gasteiger partial charge in [0.25, 0.3) is 5.91 Å². The number of fused-ring (bicyclic) bond motifs is 1. The maximum Gasteiger partial charge on any atom is 0.271 e. The number of ether oxygens (including phenoxy) is 2. The molecule has 1 aliphatic heterocycles. The topological polar surface area (TPSA) is 88.6 Å². The SMILES string of the molecule is O=C(NN=Cc1cn[nH]c1-c1ccccc1)c1ccc2c(c1)OCCO2. The Labute approximate surface area is 149 Å². The van der Waals surface area contributed by atoms with E-state index >= 15 is 0 Å². The zero-order chi connectivity index (χ0) is 17.8. The first-order valence-corrected chi connectivity index (χ1v) is 8.13. The van der Waals surface area contributed by atoms with Crippen molar-refractivity contribution < 1.29 is 14.3 Å². The van der Waals surface area contributed by atoms with Crippen LogP contribution in [0.25, 0.3) is 11.3 Å². The van der Waals surface area contributed by atoms with Gasteiger partial charge >= 0.3 is 0 Å². The zero-order valence-corrected chi connectivity index (χ0v) is 13.8. The van der Waals surface area contributed by atoms with Crippen LogP contribution in [0.2, 0.25) is 0 Å². The molecule has 0 aliphatic carbocycles. The average molecular weight is 348 g/mol. The Morgan fingerprint density at radius 2 is 1.92 bits per heavy atom. The number of nitrogens with zero attached hydrogens (tertiary/aromatic N) is 2. The van der Waals surface area contributed by atoms with E-state index in [-0.39, 0.29) is 5.91 Å². The number of carbonyl (C=O) groups is 1. The van der Waals surface area contributed by atoms with Crippen LogP contribution in [-0.2, 0) is 0 Å². The third-order valence-electron chi connectivity index (χ3n) is 3.91. The Morgan fingerprint density at radius 3 is 2.77 bits per heavy atom. The summed E-state index contributed by atoms with van der Waals surface area (Å²) >= 11 is 0. The number of H-pyrrole nitrogens is 1. The van der Waals surface area contributed by atoms with E-state index in [1.165, 1.54) is 0 Å². The van der Waals surface area contributed by atoms with Crippen molar-refractivity contribution in [2.75, 3.05) is 13.2 Å². The van der Waals surface area contributed by atoms with Gasteiger partial charge in [-0.3, -0.25) is 9.89 Å². The van der Waals surface area contributed by atoms with E-state index in [1.807, 2.05) is 30.3 Å². The third-order valence-corrected chi connectivity index (χ3v) is 3.91. The highest BCUT2D eigenvalue weighted by atomic mass is 16.6. The quantitative estimate of drug-likeness (QED) is 0.560. The lowest BCUT2D eigenvalue weighted by Gasteiger charge is -2.18. The van der Waals surface area contributed by atoms with Crippen molar-refractivity contribution in [2.45, 2.75) is 0 Å². The summed E-state index contributed by atoms with van der Waals surface area (Å²) in [5.41, 5.74) is 5.56. The van der Waals surface area contributed by atoms with Crippen LogP contribution >= 0.6 is 0 Å². The molecule has 7 nitrogen and oxygen atoms in total. The number of aromatic amines is 1. The molecule has 0 atom stereocenters. The molecule has 0 spiro atoms. The highest BCUT2D eigenvalue weighted by Crippen LogP contribution is 2.30. The monoisotopic (exact) mass is 348 g/mol. The summed E-state index contributed by atoms with van der Waals surface area (Å²) in [4.78, 5) is 12.3. The highest BCUT2D eigenvalue weighted by Gasteiger charge is 2.14. The lowest BCUT2D eigenvalue weighted by atomic mass is 10.1. The molecule has 2 N–H and O–H groups in total. The van der Waals surface area contributed by atoms with Crippen LogP contribution in [0.1, 0.15) is 15.9 Å². The van der Waals surface area contributed by atoms with Crippen molar-refractivity contribution in [3.8, 4) is 22.8 Å². The van der Waals surface area contributed by atoms with Gasteiger partial charge in [0.2, 0.25) is 0 Å². The van der Waals surface area contributed by atoms with E-state index in [4.69, 9.17) is 9.47 Å². The van der Waals surface area contributed by atoms with Gasteiger partial charge in [-0.25, -0.2) is 5.43 Å². The molecular weight excluding hydrogens is 332 g/mol. The maximum absolute atomic E-state index is 12.3. The summed E-state index contributed by atoms with van der Waals surface area (Å²) in [5, 5.41) is 11.0. The minimum atomic E-state index is -0.331. The molecule has 26 heavy (non-hydrogen) atoms. The fourth-order valence-corrected chi connectivity index (χ4v) is 2.64. The van der Waals surface area contributed by atoms with E-state index < -0.39 is 0 Å². The first-order valence-electron chi connectivity index (χ1n) is 8.13. The van der Waals surface area contributed by atoms with E-state index in [9.17, 15) is 4.79 Å². The van der Waals surface area contributed by atoms with E-state index in [2.05, 4.69) is 20.7 Å². The van der Waals surface area contributed by atoms with Crippen LogP contribution in [0, 0.1) is 0 Å². The second-order valence-electron chi connectivity index (χ2n) is 5.62. The van der Waals surface area contributed by atoms with Crippen LogP contribution in [0.5, 0.6) is 11.5 Å². The molecule has 3 aromatic rings. The van der Waals surface area contributed by atoms with Crippen LogP contribution in [-0.4, -0.2) is 35.5 Å². The van der Waals surface area contributed by atoms with Gasteiger partial charge in [0.05, 0.1) is 18.1 Å². The largest absolute Gasteiger partial charge is 0.486 e. The molecule has 0 bridgehead atoms. The summed E-state index contributed by atoms with van der Waals surface area (Å²) in [6.45, 7) is 0.982. The number of carbonyl (C=O) groups excluding carboxylic acids is 1. The zero-order valence-electron chi connectivity index (χ0n) is 13.8. The van der Waals surface area contributed by atoms with Gasteiger partial charge in [0, 0.05) is 16.7 Å². The van der Waals surface area contributed by atoms with Crippen LogP contribution in [0.4, 0.5) is 0 Å². The van der Waals surface area contributed by atoms with Crippen molar-refractivity contribution in [1.82, 2.24) is 15.6 Å². The summed E-state index contributed by atoms with van der Waals surface area (Å²) < 4.78 is 10.9. The summed E-state index contributed by atoms with van der Waals surface area (Å²) in [6, 6.07) is 14.8. The molecule has 2 heterocycles. The number of benzene rings is 2. The number of amides is 1. The Bertz CT molecular complexity index is 950. The van der Waals surface area contributed by atoms with Gasteiger partial charge < -0.3 is 9.47 Å².